The first kappa shape index (κ1) is 15.1. The maximum absolute atomic E-state index is 13.5. The molecule has 4 nitrogen and oxygen atoms in total. The number of benzene rings is 2. The number of carbonyl (C=O) groups excluding carboxylic acids is 2. The molecule has 2 amide bonds. The Kier molecular flexibility index (Phi) is 4.06. The average Bonchev–Trinajstić information content (AvgIpc) is 2.78. The van der Waals surface area contributed by atoms with Crippen LogP contribution in [-0.2, 0) is 0 Å². The summed E-state index contributed by atoms with van der Waals surface area (Å²) in [5.41, 5.74) is 1.01. The number of halogens is 2. The van der Waals surface area contributed by atoms with Crippen molar-refractivity contribution in [2.75, 3.05) is 18.4 Å². The summed E-state index contributed by atoms with van der Waals surface area (Å²) in [6.07, 6.45) is 0.461. The second kappa shape index (κ2) is 6.16. The molecule has 0 atom stereocenters. The Bertz CT molecular complexity index is 742. The van der Waals surface area contributed by atoms with Crippen LogP contribution in [0.1, 0.15) is 27.1 Å². The molecule has 1 N–H and O–H groups in total. The summed E-state index contributed by atoms with van der Waals surface area (Å²) >= 11 is 0. The second-order valence-electron chi connectivity index (χ2n) is 5.21. The van der Waals surface area contributed by atoms with Crippen LogP contribution in [0.5, 0.6) is 0 Å². The summed E-state index contributed by atoms with van der Waals surface area (Å²) in [6, 6.07) is 9.96. The Labute approximate surface area is 131 Å². The van der Waals surface area contributed by atoms with E-state index in [0.29, 0.717) is 24.1 Å². The number of carbonyl (C=O) groups is 2. The zero-order valence-electron chi connectivity index (χ0n) is 12.2. The molecule has 0 saturated heterocycles. The maximum Gasteiger partial charge on any atom is 0.261 e. The molecule has 3 rings (SSSR count). The SMILES string of the molecule is O=C1c2ccccc2C(=O)N1CCCNc1ccc(F)cc1F. The minimum atomic E-state index is -0.675. The zero-order chi connectivity index (χ0) is 16.4. The normalized spacial score (nSPS) is 13.4. The largest absolute Gasteiger partial charge is 0.383 e. The smallest absolute Gasteiger partial charge is 0.261 e. The third-order valence-electron chi connectivity index (χ3n) is 3.68. The molecule has 6 heteroatoms. The first-order valence-electron chi connectivity index (χ1n) is 7.22. The molecule has 1 aliphatic rings. The molecule has 0 radical (unpaired) electrons. The molecule has 0 spiro atoms. The zero-order valence-corrected chi connectivity index (χ0v) is 12.2. The van der Waals surface area contributed by atoms with E-state index in [1.54, 1.807) is 24.3 Å². The van der Waals surface area contributed by atoms with Crippen molar-refractivity contribution in [1.29, 1.82) is 0 Å². The minimum absolute atomic E-state index is 0.189. The fourth-order valence-corrected chi connectivity index (χ4v) is 2.54. The second-order valence-corrected chi connectivity index (χ2v) is 5.21. The van der Waals surface area contributed by atoms with Gasteiger partial charge in [-0.25, -0.2) is 8.78 Å². The number of nitrogens with zero attached hydrogens (tertiary/aromatic N) is 1. The molecule has 0 bridgehead atoms. The van der Waals surface area contributed by atoms with Gasteiger partial charge < -0.3 is 5.32 Å². The standard InChI is InChI=1S/C17H14F2N2O2/c18-11-6-7-15(14(19)10-11)20-8-3-9-21-16(22)12-4-1-2-5-13(12)17(21)23/h1-2,4-7,10,20H,3,8-9H2. The molecule has 0 unspecified atom stereocenters. The van der Waals surface area contributed by atoms with E-state index in [1.807, 2.05) is 0 Å². The van der Waals surface area contributed by atoms with Crippen molar-refractivity contribution in [2.24, 2.45) is 0 Å². The topological polar surface area (TPSA) is 49.4 Å². The van der Waals surface area contributed by atoms with Gasteiger partial charge in [-0.05, 0) is 30.7 Å². The highest BCUT2D eigenvalue weighted by molar-refractivity contribution is 6.21. The van der Waals surface area contributed by atoms with Crippen molar-refractivity contribution in [3.05, 3.63) is 65.2 Å². The quantitative estimate of drug-likeness (QED) is 0.681. The van der Waals surface area contributed by atoms with E-state index in [-0.39, 0.29) is 24.0 Å². The highest BCUT2D eigenvalue weighted by Gasteiger charge is 2.34. The maximum atomic E-state index is 13.5. The Morgan fingerprint density at radius 2 is 1.61 bits per heavy atom. The molecular weight excluding hydrogens is 302 g/mol. The van der Waals surface area contributed by atoms with E-state index in [9.17, 15) is 18.4 Å². The molecule has 23 heavy (non-hydrogen) atoms. The number of amides is 2. The fourth-order valence-electron chi connectivity index (χ4n) is 2.54. The lowest BCUT2D eigenvalue weighted by molar-refractivity contribution is 0.0654. The van der Waals surface area contributed by atoms with Gasteiger partial charge in [-0.15, -0.1) is 0 Å². The summed E-state index contributed by atoms with van der Waals surface area (Å²) in [4.78, 5) is 25.5. The summed E-state index contributed by atoms with van der Waals surface area (Å²) in [6.45, 7) is 0.595. The molecule has 0 saturated carbocycles. The van der Waals surface area contributed by atoms with Gasteiger partial charge in [0.25, 0.3) is 11.8 Å². The molecule has 0 aromatic heterocycles. The van der Waals surface area contributed by atoms with Gasteiger partial charge >= 0.3 is 0 Å². The molecule has 0 aliphatic carbocycles. The third kappa shape index (κ3) is 2.92. The highest BCUT2D eigenvalue weighted by Crippen LogP contribution is 2.22. The fraction of sp³-hybridized carbons (Fsp3) is 0.176. The third-order valence-corrected chi connectivity index (χ3v) is 3.68. The van der Waals surface area contributed by atoms with E-state index in [1.165, 1.54) is 11.0 Å². The number of imide groups is 1. The van der Waals surface area contributed by atoms with Gasteiger partial charge in [-0.2, -0.15) is 0 Å². The van der Waals surface area contributed by atoms with Gasteiger partial charge in [0.2, 0.25) is 0 Å². The Morgan fingerprint density at radius 1 is 0.957 bits per heavy atom. The van der Waals surface area contributed by atoms with Crippen LogP contribution >= 0.6 is 0 Å². The van der Waals surface area contributed by atoms with Gasteiger partial charge in [-0.3, -0.25) is 14.5 Å². The molecule has 2 aromatic rings. The van der Waals surface area contributed by atoms with Crippen LogP contribution in [0.25, 0.3) is 0 Å². The number of nitrogens with one attached hydrogen (secondary N) is 1. The molecule has 2 aromatic carbocycles. The van der Waals surface area contributed by atoms with Gasteiger partial charge in [0.05, 0.1) is 16.8 Å². The predicted octanol–water partition coefficient (Wildman–Crippen LogP) is 3.06. The Balaban J connectivity index is 1.56. The first-order chi connectivity index (χ1) is 11.1. The summed E-state index contributed by atoms with van der Waals surface area (Å²) in [5, 5.41) is 2.82. The van der Waals surface area contributed by atoms with Crippen molar-refractivity contribution in [3.63, 3.8) is 0 Å². The number of fused-ring (bicyclic) bond motifs is 1. The lowest BCUT2D eigenvalue weighted by atomic mass is 10.1. The molecule has 1 heterocycles. The van der Waals surface area contributed by atoms with Crippen molar-refractivity contribution >= 4 is 17.5 Å². The summed E-state index contributed by atoms with van der Waals surface area (Å²) in [7, 11) is 0. The summed E-state index contributed by atoms with van der Waals surface area (Å²) < 4.78 is 26.3. The van der Waals surface area contributed by atoms with Crippen LogP contribution in [0.4, 0.5) is 14.5 Å². The number of hydrogen-bond donors (Lipinski definition) is 1. The first-order valence-corrected chi connectivity index (χ1v) is 7.22. The van der Waals surface area contributed by atoms with Crippen molar-refractivity contribution in [2.45, 2.75) is 6.42 Å². The van der Waals surface area contributed by atoms with Gasteiger partial charge in [-0.1, -0.05) is 12.1 Å². The van der Waals surface area contributed by atoms with Crippen LogP contribution in [-0.4, -0.2) is 29.8 Å². The van der Waals surface area contributed by atoms with E-state index in [4.69, 9.17) is 0 Å². The van der Waals surface area contributed by atoms with Crippen molar-refractivity contribution in [1.82, 2.24) is 4.90 Å². The molecular formula is C17H14F2N2O2. The van der Waals surface area contributed by atoms with Crippen LogP contribution in [0.15, 0.2) is 42.5 Å². The predicted molar refractivity (Wildman–Crippen MR) is 81.3 cm³/mol. The van der Waals surface area contributed by atoms with Crippen LogP contribution in [0.3, 0.4) is 0 Å². The lowest BCUT2D eigenvalue weighted by Crippen LogP contribution is -2.31. The number of rotatable bonds is 5. The monoisotopic (exact) mass is 316 g/mol. The Hall–Kier alpha value is -2.76. The van der Waals surface area contributed by atoms with E-state index in [0.717, 1.165) is 12.1 Å². The van der Waals surface area contributed by atoms with E-state index >= 15 is 0 Å². The molecule has 118 valence electrons. The van der Waals surface area contributed by atoms with E-state index < -0.39 is 11.6 Å². The van der Waals surface area contributed by atoms with Crippen LogP contribution < -0.4 is 5.32 Å². The summed E-state index contributed by atoms with van der Waals surface area (Å²) in [5.74, 6) is -1.93. The molecule has 1 aliphatic heterocycles. The Morgan fingerprint density at radius 3 is 2.22 bits per heavy atom. The highest BCUT2D eigenvalue weighted by atomic mass is 19.1. The van der Waals surface area contributed by atoms with Gasteiger partial charge in [0.1, 0.15) is 11.6 Å². The lowest BCUT2D eigenvalue weighted by Gasteiger charge is -2.14. The molecule has 0 fully saturated rings. The number of hydrogen-bond acceptors (Lipinski definition) is 3. The minimum Gasteiger partial charge on any atom is -0.383 e. The van der Waals surface area contributed by atoms with Gasteiger partial charge in [0.15, 0.2) is 0 Å². The number of anilines is 1. The van der Waals surface area contributed by atoms with Crippen LogP contribution in [0, 0.1) is 11.6 Å². The van der Waals surface area contributed by atoms with Gasteiger partial charge in [0, 0.05) is 19.2 Å². The van der Waals surface area contributed by atoms with Crippen molar-refractivity contribution < 1.29 is 18.4 Å². The van der Waals surface area contributed by atoms with E-state index in [2.05, 4.69) is 5.32 Å². The average molecular weight is 316 g/mol. The van der Waals surface area contributed by atoms with Crippen LogP contribution in [0.2, 0.25) is 0 Å². The van der Waals surface area contributed by atoms with Crippen molar-refractivity contribution in [3.8, 4) is 0 Å².